The summed E-state index contributed by atoms with van der Waals surface area (Å²) < 4.78 is 37.5. The lowest BCUT2D eigenvalue weighted by Gasteiger charge is -2.36. The van der Waals surface area contributed by atoms with Gasteiger partial charge in [-0.2, -0.15) is 13.2 Å². The van der Waals surface area contributed by atoms with Gasteiger partial charge >= 0.3 is 6.18 Å². The largest absolute Gasteiger partial charge is 0.401 e. The summed E-state index contributed by atoms with van der Waals surface area (Å²) in [6.45, 7) is 5.15. The number of hydrogen-bond acceptors (Lipinski definition) is 2. The SMILES string of the molecule is CCCNC1CCCCC1CN(CC)CC(F)(F)F. The van der Waals surface area contributed by atoms with Crippen LogP contribution in [0.5, 0.6) is 0 Å². The number of halogens is 3. The third-order valence-corrected chi connectivity index (χ3v) is 3.91. The van der Waals surface area contributed by atoms with Crippen molar-refractivity contribution in [2.24, 2.45) is 5.92 Å². The summed E-state index contributed by atoms with van der Waals surface area (Å²) in [4.78, 5) is 1.54. The quantitative estimate of drug-likeness (QED) is 0.768. The van der Waals surface area contributed by atoms with Crippen LogP contribution < -0.4 is 5.32 Å². The molecule has 1 saturated carbocycles. The summed E-state index contributed by atoms with van der Waals surface area (Å²) in [6, 6.07) is 0.399. The van der Waals surface area contributed by atoms with Gasteiger partial charge in [0.05, 0.1) is 6.54 Å². The highest BCUT2D eigenvalue weighted by atomic mass is 19.4. The van der Waals surface area contributed by atoms with Crippen molar-refractivity contribution in [3.63, 3.8) is 0 Å². The summed E-state index contributed by atoms with van der Waals surface area (Å²) >= 11 is 0. The fourth-order valence-electron chi connectivity index (χ4n) is 2.92. The van der Waals surface area contributed by atoms with Crippen LogP contribution in [0.25, 0.3) is 0 Å². The zero-order chi connectivity index (χ0) is 14.3. The average Bonchev–Trinajstić information content (AvgIpc) is 2.35. The Morgan fingerprint density at radius 2 is 1.84 bits per heavy atom. The second-order valence-electron chi connectivity index (χ2n) is 5.55. The van der Waals surface area contributed by atoms with Gasteiger partial charge in [-0.3, -0.25) is 4.90 Å². The predicted molar refractivity (Wildman–Crippen MR) is 72.2 cm³/mol. The molecule has 2 atom stereocenters. The van der Waals surface area contributed by atoms with E-state index in [1.807, 2.05) is 6.92 Å². The highest BCUT2D eigenvalue weighted by Gasteiger charge is 2.33. The van der Waals surface area contributed by atoms with Gasteiger partial charge in [0.2, 0.25) is 0 Å². The molecular formula is C14H27F3N2. The first-order valence-corrected chi connectivity index (χ1v) is 7.48. The number of hydrogen-bond donors (Lipinski definition) is 1. The van der Waals surface area contributed by atoms with Crippen molar-refractivity contribution in [1.82, 2.24) is 10.2 Å². The molecule has 114 valence electrons. The molecule has 0 heterocycles. The summed E-state index contributed by atoms with van der Waals surface area (Å²) in [7, 11) is 0. The number of nitrogens with one attached hydrogen (secondary N) is 1. The lowest BCUT2D eigenvalue weighted by molar-refractivity contribution is -0.147. The molecule has 0 radical (unpaired) electrons. The highest BCUT2D eigenvalue weighted by molar-refractivity contribution is 4.83. The fourth-order valence-corrected chi connectivity index (χ4v) is 2.92. The molecule has 0 spiro atoms. The maximum absolute atomic E-state index is 12.5. The number of alkyl halides is 3. The first kappa shape index (κ1) is 16.8. The molecule has 0 aromatic rings. The van der Waals surface area contributed by atoms with E-state index in [0.29, 0.717) is 25.0 Å². The van der Waals surface area contributed by atoms with E-state index < -0.39 is 12.7 Å². The zero-order valence-electron chi connectivity index (χ0n) is 12.1. The van der Waals surface area contributed by atoms with E-state index in [2.05, 4.69) is 12.2 Å². The molecule has 5 heteroatoms. The van der Waals surface area contributed by atoms with Crippen molar-refractivity contribution in [3.8, 4) is 0 Å². The van der Waals surface area contributed by atoms with Crippen molar-refractivity contribution in [1.29, 1.82) is 0 Å². The molecule has 1 N–H and O–H groups in total. The third-order valence-electron chi connectivity index (χ3n) is 3.91. The Morgan fingerprint density at radius 1 is 1.16 bits per heavy atom. The van der Waals surface area contributed by atoms with Crippen LogP contribution >= 0.6 is 0 Å². The van der Waals surface area contributed by atoms with E-state index in [1.54, 1.807) is 0 Å². The van der Waals surface area contributed by atoms with Crippen LogP contribution in [0.1, 0.15) is 46.0 Å². The van der Waals surface area contributed by atoms with Crippen LogP contribution in [0.3, 0.4) is 0 Å². The normalized spacial score (nSPS) is 24.9. The van der Waals surface area contributed by atoms with E-state index in [9.17, 15) is 13.2 Å². The Labute approximate surface area is 114 Å². The minimum absolute atomic E-state index is 0.364. The lowest BCUT2D eigenvalue weighted by Crippen LogP contribution is -2.46. The molecule has 1 aliphatic carbocycles. The highest BCUT2D eigenvalue weighted by Crippen LogP contribution is 2.26. The molecule has 1 rings (SSSR count). The van der Waals surface area contributed by atoms with Gasteiger partial charge in [-0.15, -0.1) is 0 Å². The van der Waals surface area contributed by atoms with Crippen LogP contribution in [-0.4, -0.2) is 43.3 Å². The first-order chi connectivity index (χ1) is 8.96. The zero-order valence-corrected chi connectivity index (χ0v) is 12.1. The van der Waals surface area contributed by atoms with E-state index >= 15 is 0 Å². The molecule has 2 nitrogen and oxygen atoms in total. The molecule has 1 fully saturated rings. The van der Waals surface area contributed by atoms with Gasteiger partial charge in [-0.1, -0.05) is 26.7 Å². The maximum Gasteiger partial charge on any atom is 0.401 e. The Bertz CT molecular complexity index is 243. The summed E-state index contributed by atoms with van der Waals surface area (Å²) in [5.74, 6) is 0.364. The van der Waals surface area contributed by atoms with Crippen molar-refractivity contribution in [3.05, 3.63) is 0 Å². The molecule has 0 bridgehead atoms. The van der Waals surface area contributed by atoms with Gasteiger partial charge in [0.15, 0.2) is 0 Å². The Kier molecular flexibility index (Phi) is 7.15. The molecule has 2 unspecified atom stereocenters. The van der Waals surface area contributed by atoms with Crippen molar-refractivity contribution < 1.29 is 13.2 Å². The molecule has 1 aliphatic rings. The van der Waals surface area contributed by atoms with Gasteiger partial charge in [0, 0.05) is 12.6 Å². The van der Waals surface area contributed by atoms with Crippen molar-refractivity contribution in [2.45, 2.75) is 58.2 Å². The van der Waals surface area contributed by atoms with E-state index in [1.165, 1.54) is 11.3 Å². The molecule has 0 aliphatic heterocycles. The second-order valence-corrected chi connectivity index (χ2v) is 5.55. The molecule has 0 aromatic heterocycles. The molecule has 0 saturated heterocycles. The maximum atomic E-state index is 12.5. The minimum Gasteiger partial charge on any atom is -0.314 e. The van der Waals surface area contributed by atoms with Crippen LogP contribution in [0.4, 0.5) is 13.2 Å². The second kappa shape index (κ2) is 8.10. The van der Waals surface area contributed by atoms with Crippen LogP contribution in [-0.2, 0) is 0 Å². The first-order valence-electron chi connectivity index (χ1n) is 7.48. The smallest absolute Gasteiger partial charge is 0.314 e. The van der Waals surface area contributed by atoms with Crippen molar-refractivity contribution in [2.75, 3.05) is 26.2 Å². The van der Waals surface area contributed by atoms with Crippen molar-refractivity contribution >= 4 is 0 Å². The van der Waals surface area contributed by atoms with E-state index in [-0.39, 0.29) is 0 Å². The van der Waals surface area contributed by atoms with E-state index in [0.717, 1.165) is 32.2 Å². The van der Waals surface area contributed by atoms with Gasteiger partial charge < -0.3 is 5.32 Å². The van der Waals surface area contributed by atoms with Gasteiger partial charge in [-0.05, 0) is 38.3 Å². The standard InChI is InChI=1S/C14H27F3N2/c1-3-9-18-13-8-6-5-7-12(13)10-19(4-2)11-14(15,16)17/h12-13,18H,3-11H2,1-2H3. The minimum atomic E-state index is -4.09. The lowest BCUT2D eigenvalue weighted by atomic mass is 9.84. The Morgan fingerprint density at radius 3 is 2.42 bits per heavy atom. The van der Waals surface area contributed by atoms with Gasteiger partial charge in [0.1, 0.15) is 0 Å². The molecular weight excluding hydrogens is 253 g/mol. The molecule has 0 aromatic carbocycles. The summed E-state index contributed by atoms with van der Waals surface area (Å²) in [5.41, 5.74) is 0. The van der Waals surface area contributed by atoms with Gasteiger partial charge in [-0.25, -0.2) is 0 Å². The Hall–Kier alpha value is -0.290. The summed E-state index contributed by atoms with van der Waals surface area (Å²) in [5, 5.41) is 3.51. The number of rotatable bonds is 7. The monoisotopic (exact) mass is 280 g/mol. The summed E-state index contributed by atoms with van der Waals surface area (Å²) in [6.07, 6.45) is 1.49. The van der Waals surface area contributed by atoms with Crippen LogP contribution in [0.2, 0.25) is 0 Å². The fraction of sp³-hybridized carbons (Fsp3) is 1.00. The van der Waals surface area contributed by atoms with Gasteiger partial charge in [0.25, 0.3) is 0 Å². The molecule has 0 amide bonds. The van der Waals surface area contributed by atoms with Crippen LogP contribution in [0.15, 0.2) is 0 Å². The topological polar surface area (TPSA) is 15.3 Å². The van der Waals surface area contributed by atoms with E-state index in [4.69, 9.17) is 0 Å². The predicted octanol–water partition coefficient (Wildman–Crippen LogP) is 3.43. The Balaban J connectivity index is 2.49. The third kappa shape index (κ3) is 6.61. The number of nitrogens with zero attached hydrogens (tertiary/aromatic N) is 1. The average molecular weight is 280 g/mol. The molecule has 19 heavy (non-hydrogen) atoms. The van der Waals surface area contributed by atoms with Crippen LogP contribution in [0, 0.1) is 5.92 Å².